The Hall–Kier alpha value is -4.56. The number of hydrogen-bond acceptors (Lipinski definition) is 8. The van der Waals surface area contributed by atoms with Crippen LogP contribution in [0.2, 0.25) is 0 Å². The summed E-state index contributed by atoms with van der Waals surface area (Å²) >= 11 is 9.69. The lowest BCUT2D eigenvalue weighted by atomic mass is 10.1. The molecule has 3 aromatic carbocycles. The number of fused-ring (bicyclic) bond motifs is 1. The number of esters is 2. The number of rotatable bonds is 6. The molecule has 0 aliphatic carbocycles. The minimum absolute atomic E-state index is 0.0549. The molecule has 8 N–H and O–H groups in total. The number of amides is 1. The molecule has 1 amide bonds. The quantitative estimate of drug-likeness (QED) is 0.142. The van der Waals surface area contributed by atoms with Crippen LogP contribution >= 0.6 is 24.4 Å². The Morgan fingerprint density at radius 3 is 2.05 bits per heavy atom. The summed E-state index contributed by atoms with van der Waals surface area (Å²) in [4.78, 5) is 36.2. The maximum atomic E-state index is 12.5. The highest BCUT2D eigenvalue weighted by atomic mass is 32.1. The summed E-state index contributed by atoms with van der Waals surface area (Å²) < 4.78 is 41.6. The molecule has 0 aromatic heterocycles. The van der Waals surface area contributed by atoms with E-state index in [4.69, 9.17) is 47.4 Å². The van der Waals surface area contributed by atoms with E-state index >= 15 is 0 Å². The number of thiocarbonyl (C=S) groups is 2. The number of nitrogens with two attached hydrogens (primary N) is 4. The third kappa shape index (κ3) is 7.99. The Morgan fingerprint density at radius 1 is 0.878 bits per heavy atom. The molecule has 9 nitrogen and oxygen atoms in total. The van der Waals surface area contributed by atoms with Crippen LogP contribution in [-0.4, -0.2) is 40.0 Å². The van der Waals surface area contributed by atoms with Crippen molar-refractivity contribution in [3.05, 3.63) is 94.5 Å². The summed E-state index contributed by atoms with van der Waals surface area (Å²) in [6.07, 6.45) is -5.21. The van der Waals surface area contributed by atoms with Crippen molar-refractivity contribution in [2.75, 3.05) is 10.6 Å². The number of nitrogen functional groups attached to an aromatic ring is 1. The Labute approximate surface area is 243 Å². The van der Waals surface area contributed by atoms with Gasteiger partial charge >= 0.3 is 18.1 Å². The molecule has 214 valence electrons. The highest BCUT2D eigenvalue weighted by Gasteiger charge is 2.45. The largest absolute Gasteiger partial charge is 0.491 e. The zero-order chi connectivity index (χ0) is 30.5. The number of carbonyl (C=O) groups is 3. The number of anilines is 2. The minimum atomic E-state index is -5.26. The molecule has 1 atom stereocenters. The second-order valence-electron chi connectivity index (χ2n) is 8.81. The highest BCUT2D eigenvalue weighted by Crippen LogP contribution is 2.36. The first-order chi connectivity index (χ1) is 19.2. The lowest BCUT2D eigenvalue weighted by molar-refractivity contribution is -0.202. The van der Waals surface area contributed by atoms with Crippen LogP contribution in [0.3, 0.4) is 0 Å². The molecule has 41 heavy (non-hydrogen) atoms. The Morgan fingerprint density at radius 2 is 1.49 bits per heavy atom. The molecule has 1 heterocycles. The van der Waals surface area contributed by atoms with Crippen molar-refractivity contribution >= 4 is 63.6 Å². The van der Waals surface area contributed by atoms with Crippen LogP contribution in [0, 0.1) is 0 Å². The summed E-state index contributed by atoms with van der Waals surface area (Å²) in [5, 5.41) is 0. The van der Waals surface area contributed by atoms with Gasteiger partial charge in [0.05, 0.1) is 0 Å². The molecule has 0 radical (unpaired) electrons. The Kier molecular flexibility index (Phi) is 9.63. The first kappa shape index (κ1) is 31.0. The van der Waals surface area contributed by atoms with Crippen molar-refractivity contribution in [1.82, 2.24) is 0 Å². The molecular formula is C27H24F3N5O4S2. The van der Waals surface area contributed by atoms with Gasteiger partial charge in [-0.3, -0.25) is 4.79 Å². The summed E-state index contributed by atoms with van der Waals surface area (Å²) in [5.41, 5.74) is 26.0. The van der Waals surface area contributed by atoms with Gasteiger partial charge in [0.25, 0.3) is 0 Å². The van der Waals surface area contributed by atoms with Gasteiger partial charge in [0.15, 0.2) is 0 Å². The molecule has 0 saturated heterocycles. The van der Waals surface area contributed by atoms with E-state index in [0.29, 0.717) is 33.1 Å². The van der Waals surface area contributed by atoms with Gasteiger partial charge in [-0.2, -0.15) is 13.2 Å². The lowest BCUT2D eigenvalue weighted by Crippen LogP contribution is -2.42. The maximum absolute atomic E-state index is 12.5. The van der Waals surface area contributed by atoms with Crippen molar-refractivity contribution in [3.8, 4) is 0 Å². The van der Waals surface area contributed by atoms with Crippen LogP contribution in [-0.2, 0) is 27.3 Å². The summed E-state index contributed by atoms with van der Waals surface area (Å²) in [6.45, 7) is 0.160. The monoisotopic (exact) mass is 603 g/mol. The maximum Gasteiger partial charge on any atom is 0.491 e. The van der Waals surface area contributed by atoms with Gasteiger partial charge in [-0.15, -0.1) is 0 Å². The van der Waals surface area contributed by atoms with Gasteiger partial charge < -0.3 is 32.6 Å². The molecule has 1 aliphatic heterocycles. The number of primary amides is 1. The third-order valence-electron chi connectivity index (χ3n) is 5.92. The number of carbonyl (C=O) groups excluding carboxylic acids is 3. The Balaban J connectivity index is 0.000000322. The van der Waals surface area contributed by atoms with E-state index in [1.165, 1.54) is 0 Å². The van der Waals surface area contributed by atoms with E-state index in [1.807, 2.05) is 0 Å². The van der Waals surface area contributed by atoms with Crippen LogP contribution in [0.4, 0.5) is 24.5 Å². The van der Waals surface area contributed by atoms with Crippen molar-refractivity contribution in [2.45, 2.75) is 25.2 Å². The number of benzene rings is 3. The SMILES string of the molecule is NC(=O)c1ccc(C(N)=S)cc1.NC(=S)c1cccc(CN2c3ccc(N)cc3CC2C(=O)OC(=O)C(F)(F)F)c1. The van der Waals surface area contributed by atoms with E-state index in [0.717, 1.165) is 11.1 Å². The third-order valence-corrected chi connectivity index (χ3v) is 6.39. The van der Waals surface area contributed by atoms with E-state index < -0.39 is 30.1 Å². The van der Waals surface area contributed by atoms with Crippen LogP contribution in [0.25, 0.3) is 0 Å². The highest BCUT2D eigenvalue weighted by molar-refractivity contribution is 7.80. The average Bonchev–Trinajstić information content (AvgIpc) is 3.25. The smallest absolute Gasteiger partial charge is 0.399 e. The van der Waals surface area contributed by atoms with Gasteiger partial charge in [0, 0.05) is 41.0 Å². The molecule has 0 fully saturated rings. The zero-order valence-corrected chi connectivity index (χ0v) is 22.8. The van der Waals surface area contributed by atoms with Crippen molar-refractivity contribution in [3.63, 3.8) is 0 Å². The van der Waals surface area contributed by atoms with Crippen LogP contribution in [0.1, 0.15) is 32.6 Å². The predicted octanol–water partition coefficient (Wildman–Crippen LogP) is 2.89. The fourth-order valence-electron chi connectivity index (χ4n) is 3.98. The Bertz CT molecular complexity index is 1480. The number of hydrogen-bond donors (Lipinski definition) is 4. The van der Waals surface area contributed by atoms with Gasteiger partial charge in [-0.1, -0.05) is 54.8 Å². The van der Waals surface area contributed by atoms with Crippen molar-refractivity contribution in [2.24, 2.45) is 17.2 Å². The van der Waals surface area contributed by atoms with Crippen molar-refractivity contribution in [1.29, 1.82) is 0 Å². The van der Waals surface area contributed by atoms with E-state index in [1.54, 1.807) is 71.6 Å². The minimum Gasteiger partial charge on any atom is -0.399 e. The first-order valence-electron chi connectivity index (χ1n) is 11.7. The van der Waals surface area contributed by atoms with Gasteiger partial charge in [-0.05, 0) is 47.5 Å². The molecule has 3 aromatic rings. The molecule has 14 heteroatoms. The zero-order valence-electron chi connectivity index (χ0n) is 21.2. The molecule has 0 saturated carbocycles. The van der Waals surface area contributed by atoms with E-state index in [2.05, 4.69) is 4.74 Å². The second kappa shape index (κ2) is 12.7. The summed E-state index contributed by atoms with van der Waals surface area (Å²) in [7, 11) is 0. The number of alkyl halides is 3. The molecule has 1 unspecified atom stereocenters. The van der Waals surface area contributed by atoms with E-state index in [9.17, 15) is 27.6 Å². The van der Waals surface area contributed by atoms with Crippen molar-refractivity contribution < 1.29 is 32.3 Å². The second-order valence-corrected chi connectivity index (χ2v) is 9.69. The topological polar surface area (TPSA) is 168 Å². The molecule has 1 aliphatic rings. The van der Waals surface area contributed by atoms with Gasteiger partial charge in [0.2, 0.25) is 5.91 Å². The molecular weight excluding hydrogens is 579 g/mol. The molecule has 0 spiro atoms. The lowest BCUT2D eigenvalue weighted by Gasteiger charge is -2.26. The number of halogens is 3. The van der Waals surface area contributed by atoms with Crippen LogP contribution in [0.15, 0.2) is 66.7 Å². The fraction of sp³-hybridized carbons (Fsp3) is 0.148. The van der Waals surface area contributed by atoms with E-state index in [-0.39, 0.29) is 18.0 Å². The molecule has 4 rings (SSSR count). The summed E-state index contributed by atoms with van der Waals surface area (Å²) in [6, 6.07) is 17.3. The number of ether oxygens (including phenoxy) is 1. The van der Waals surface area contributed by atoms with Crippen LogP contribution in [0.5, 0.6) is 0 Å². The summed E-state index contributed by atoms with van der Waals surface area (Å²) in [5.74, 6) is -4.29. The normalized spacial score (nSPS) is 13.8. The van der Waals surface area contributed by atoms with Gasteiger partial charge in [-0.25, -0.2) is 9.59 Å². The first-order valence-corrected chi connectivity index (χ1v) is 12.5. The van der Waals surface area contributed by atoms with Crippen LogP contribution < -0.4 is 27.8 Å². The number of nitrogens with zero attached hydrogens (tertiary/aromatic N) is 1. The predicted molar refractivity (Wildman–Crippen MR) is 155 cm³/mol. The molecule has 0 bridgehead atoms. The fourth-order valence-corrected chi connectivity index (χ4v) is 4.24. The van der Waals surface area contributed by atoms with Gasteiger partial charge in [0.1, 0.15) is 16.0 Å². The average molecular weight is 604 g/mol. The standard InChI is InChI=1S/C19H16F3N3O3S.C8H8N2OS/c20-19(21,22)18(27)28-17(26)15-8-12-7-13(23)4-5-14(12)25(15)9-10-2-1-3-11(6-10)16(24)29;9-7(11)5-1-3-6(4-2-5)8(10)12/h1-7,15H,8-9,23H2,(H2,24,29);1-4H,(H2,9,11)(H2,10,12).